The van der Waals surface area contributed by atoms with E-state index in [0.29, 0.717) is 21.3 Å². The Morgan fingerprint density at radius 2 is 1.77 bits per heavy atom. The van der Waals surface area contributed by atoms with Crippen LogP contribution in [-0.2, 0) is 4.79 Å². The SMILES string of the molecule is Cc1cc(C(Nc2cc(Cl)cc(Cl)c2)C(=O)O)ccc1S.[NaH]. The maximum absolute atomic E-state index is 11.5. The van der Waals surface area contributed by atoms with E-state index in [9.17, 15) is 9.90 Å². The zero-order valence-electron chi connectivity index (χ0n) is 11.1. The number of nitrogens with one attached hydrogen (secondary N) is 1. The van der Waals surface area contributed by atoms with Crippen LogP contribution < -0.4 is 5.32 Å². The summed E-state index contributed by atoms with van der Waals surface area (Å²) in [6.07, 6.45) is 0. The molecule has 112 valence electrons. The number of aryl methyl sites for hydroxylation is 1. The number of hydrogen-bond acceptors (Lipinski definition) is 3. The molecule has 2 rings (SSSR count). The number of carbonyl (C=O) groups is 1. The zero-order chi connectivity index (χ0) is 15.6. The molecular weight excluding hydrogens is 352 g/mol. The van der Waals surface area contributed by atoms with Crippen LogP contribution >= 0.6 is 35.8 Å². The van der Waals surface area contributed by atoms with Crippen molar-refractivity contribution in [2.75, 3.05) is 5.32 Å². The van der Waals surface area contributed by atoms with Crippen LogP contribution in [0, 0.1) is 6.92 Å². The molecular formula is C15H14Cl2NNaO2S. The van der Waals surface area contributed by atoms with Gasteiger partial charge in [0.05, 0.1) is 0 Å². The minimum atomic E-state index is -0.989. The van der Waals surface area contributed by atoms with Gasteiger partial charge in [-0.3, -0.25) is 0 Å². The summed E-state index contributed by atoms with van der Waals surface area (Å²) in [6.45, 7) is 1.88. The third-order valence-electron chi connectivity index (χ3n) is 2.97. The molecule has 3 nitrogen and oxygen atoms in total. The molecule has 2 aromatic carbocycles. The molecule has 0 radical (unpaired) electrons. The van der Waals surface area contributed by atoms with Gasteiger partial charge in [-0.2, -0.15) is 0 Å². The molecule has 0 amide bonds. The number of aliphatic carboxylic acids is 1. The predicted molar refractivity (Wildman–Crippen MR) is 96.0 cm³/mol. The Hall–Kier alpha value is -0.360. The Balaban J connectivity index is 0.00000242. The van der Waals surface area contributed by atoms with Gasteiger partial charge >= 0.3 is 35.5 Å². The molecule has 0 saturated heterocycles. The molecule has 0 fully saturated rings. The predicted octanol–water partition coefficient (Wildman–Crippen LogP) is 4.18. The molecule has 0 aliphatic carbocycles. The van der Waals surface area contributed by atoms with E-state index in [1.165, 1.54) is 0 Å². The van der Waals surface area contributed by atoms with Crippen LogP contribution in [0.15, 0.2) is 41.3 Å². The maximum atomic E-state index is 11.5. The summed E-state index contributed by atoms with van der Waals surface area (Å²) < 4.78 is 0. The van der Waals surface area contributed by atoms with Gasteiger partial charge in [0.1, 0.15) is 0 Å². The van der Waals surface area contributed by atoms with E-state index < -0.39 is 12.0 Å². The monoisotopic (exact) mass is 365 g/mol. The van der Waals surface area contributed by atoms with Crippen molar-refractivity contribution in [3.63, 3.8) is 0 Å². The fourth-order valence-corrected chi connectivity index (χ4v) is 2.61. The first-order valence-electron chi connectivity index (χ1n) is 6.12. The summed E-state index contributed by atoms with van der Waals surface area (Å²) in [7, 11) is 0. The summed E-state index contributed by atoms with van der Waals surface area (Å²) in [5, 5.41) is 13.3. The van der Waals surface area contributed by atoms with Crippen molar-refractivity contribution >= 4 is 77.0 Å². The Bertz CT molecular complexity index is 677. The molecule has 2 N–H and O–H groups in total. The first-order valence-corrected chi connectivity index (χ1v) is 7.32. The summed E-state index contributed by atoms with van der Waals surface area (Å²) in [4.78, 5) is 12.3. The van der Waals surface area contributed by atoms with E-state index in [4.69, 9.17) is 23.2 Å². The van der Waals surface area contributed by atoms with Crippen LogP contribution in [0.5, 0.6) is 0 Å². The molecule has 0 saturated carbocycles. The van der Waals surface area contributed by atoms with Gasteiger partial charge in [0, 0.05) is 20.6 Å². The van der Waals surface area contributed by atoms with Gasteiger partial charge in [-0.25, -0.2) is 4.79 Å². The van der Waals surface area contributed by atoms with Gasteiger partial charge in [0.15, 0.2) is 6.04 Å². The molecule has 0 heterocycles. The van der Waals surface area contributed by atoms with E-state index in [0.717, 1.165) is 10.5 Å². The summed E-state index contributed by atoms with van der Waals surface area (Å²) in [5.74, 6) is -0.989. The fourth-order valence-electron chi connectivity index (χ4n) is 1.95. The van der Waals surface area contributed by atoms with Crippen molar-refractivity contribution in [2.24, 2.45) is 0 Å². The second-order valence-corrected chi connectivity index (χ2v) is 5.97. The third kappa shape index (κ3) is 5.08. The Kier molecular flexibility index (Phi) is 7.59. The molecule has 0 bridgehead atoms. The first-order chi connectivity index (χ1) is 9.86. The van der Waals surface area contributed by atoms with Gasteiger partial charge in [-0.15, -0.1) is 12.6 Å². The van der Waals surface area contributed by atoms with Gasteiger partial charge in [0.2, 0.25) is 0 Å². The Morgan fingerprint density at radius 3 is 2.27 bits per heavy atom. The number of halogens is 2. The summed E-state index contributed by atoms with van der Waals surface area (Å²) in [5.41, 5.74) is 2.09. The number of benzene rings is 2. The molecule has 0 aliphatic rings. The van der Waals surface area contributed by atoms with Crippen LogP contribution in [0.1, 0.15) is 17.2 Å². The van der Waals surface area contributed by atoms with Crippen LogP contribution in [0.2, 0.25) is 10.0 Å². The van der Waals surface area contributed by atoms with E-state index >= 15 is 0 Å². The number of anilines is 1. The van der Waals surface area contributed by atoms with Gasteiger partial charge in [-0.1, -0.05) is 35.3 Å². The average Bonchev–Trinajstić information content (AvgIpc) is 2.38. The van der Waals surface area contributed by atoms with E-state index in [-0.39, 0.29) is 29.6 Å². The minimum absolute atomic E-state index is 0. The van der Waals surface area contributed by atoms with Crippen molar-refractivity contribution < 1.29 is 9.90 Å². The second kappa shape index (κ2) is 8.48. The molecule has 1 unspecified atom stereocenters. The van der Waals surface area contributed by atoms with Gasteiger partial charge in [0.25, 0.3) is 0 Å². The van der Waals surface area contributed by atoms with Crippen molar-refractivity contribution in [3.8, 4) is 0 Å². The number of carboxylic acid groups (broad SMARTS) is 1. The average molecular weight is 366 g/mol. The number of rotatable bonds is 4. The van der Waals surface area contributed by atoms with E-state index in [1.807, 2.05) is 6.92 Å². The van der Waals surface area contributed by atoms with E-state index in [1.54, 1.807) is 36.4 Å². The Labute approximate surface area is 166 Å². The number of carboxylic acids is 1. The summed E-state index contributed by atoms with van der Waals surface area (Å²) in [6, 6.07) is 9.24. The molecule has 1 atom stereocenters. The third-order valence-corrected chi connectivity index (χ3v) is 3.91. The van der Waals surface area contributed by atoms with Crippen molar-refractivity contribution in [3.05, 3.63) is 57.6 Å². The molecule has 7 heteroatoms. The van der Waals surface area contributed by atoms with Crippen LogP contribution in [0.25, 0.3) is 0 Å². The van der Waals surface area contributed by atoms with Crippen molar-refractivity contribution in [1.29, 1.82) is 0 Å². The quantitative estimate of drug-likeness (QED) is 0.562. The molecule has 0 aromatic heterocycles. The Morgan fingerprint density at radius 1 is 1.18 bits per heavy atom. The van der Waals surface area contributed by atoms with Gasteiger partial charge in [-0.05, 0) is 42.3 Å². The van der Waals surface area contributed by atoms with Crippen LogP contribution in [0.4, 0.5) is 5.69 Å². The first kappa shape index (κ1) is 19.7. The molecule has 2 aromatic rings. The standard InChI is InChI=1S/C15H13Cl2NO2S.Na.H/c1-8-4-9(2-3-13(8)21)14(15(19)20)18-12-6-10(16)5-11(17)7-12;;/h2-7,14,18,21H,1H3,(H,19,20);;. The van der Waals surface area contributed by atoms with E-state index in [2.05, 4.69) is 17.9 Å². The topological polar surface area (TPSA) is 49.3 Å². The normalized spacial score (nSPS) is 11.5. The van der Waals surface area contributed by atoms with Crippen molar-refractivity contribution in [1.82, 2.24) is 0 Å². The fraction of sp³-hybridized carbons (Fsp3) is 0.133. The zero-order valence-corrected chi connectivity index (χ0v) is 13.5. The number of hydrogen-bond donors (Lipinski definition) is 3. The molecule has 22 heavy (non-hydrogen) atoms. The van der Waals surface area contributed by atoms with Crippen molar-refractivity contribution in [2.45, 2.75) is 17.9 Å². The van der Waals surface area contributed by atoms with Gasteiger partial charge < -0.3 is 10.4 Å². The molecule has 0 spiro atoms. The van der Waals surface area contributed by atoms with Crippen LogP contribution in [0.3, 0.4) is 0 Å². The van der Waals surface area contributed by atoms with Crippen LogP contribution in [-0.4, -0.2) is 40.6 Å². The second-order valence-electron chi connectivity index (χ2n) is 4.62. The molecule has 0 aliphatic heterocycles. The number of thiol groups is 1. The summed E-state index contributed by atoms with van der Waals surface area (Å²) >= 11 is 16.1.